The van der Waals surface area contributed by atoms with Gasteiger partial charge in [-0.05, 0) is 38.5 Å². The molecule has 0 heterocycles. The lowest BCUT2D eigenvalue weighted by Crippen LogP contribution is -2.53. The van der Waals surface area contributed by atoms with Gasteiger partial charge in [0.1, 0.15) is 12.2 Å². The maximum Gasteiger partial charge on any atom is 0.249 e. The lowest BCUT2D eigenvalue weighted by Gasteiger charge is -2.27. The Kier molecular flexibility index (Phi) is 49.3. The molecule has 4 unspecified atom stereocenters. The third-order valence-corrected chi connectivity index (χ3v) is 13.2. The molecule has 0 fully saturated rings. The Balaban J connectivity index is 3.58. The molecule has 0 spiro atoms. The molecule has 6 heteroatoms. The number of nitrogens with one attached hydrogen (secondary N) is 1. The van der Waals surface area contributed by atoms with Gasteiger partial charge in [0.15, 0.2) is 0 Å². The molecule has 0 saturated heterocycles. The smallest absolute Gasteiger partial charge is 0.249 e. The average molecular weight is 864 g/mol. The van der Waals surface area contributed by atoms with Crippen LogP contribution < -0.4 is 5.32 Å². The summed E-state index contributed by atoms with van der Waals surface area (Å²) in [5, 5.41) is 43.9. The summed E-state index contributed by atoms with van der Waals surface area (Å²) in [5.41, 5.74) is 0. The van der Waals surface area contributed by atoms with Gasteiger partial charge < -0.3 is 25.7 Å². The predicted octanol–water partition coefficient (Wildman–Crippen LogP) is 15.7. The number of carbonyl (C=O) groups is 1. The van der Waals surface area contributed by atoms with Crippen molar-refractivity contribution in [3.63, 3.8) is 0 Å². The van der Waals surface area contributed by atoms with Gasteiger partial charge in [-0.25, -0.2) is 0 Å². The number of rotatable bonds is 51. The summed E-state index contributed by atoms with van der Waals surface area (Å²) in [5.74, 6) is -0.584. The second kappa shape index (κ2) is 50.1. The quantitative estimate of drug-likeness (QED) is 0.0309. The molecule has 4 atom stereocenters. The molecule has 0 aliphatic heterocycles. The molecule has 0 saturated carbocycles. The fourth-order valence-electron chi connectivity index (χ4n) is 8.87. The van der Waals surface area contributed by atoms with E-state index in [2.05, 4.69) is 31.3 Å². The van der Waals surface area contributed by atoms with Crippen molar-refractivity contribution in [3.05, 3.63) is 12.2 Å². The summed E-state index contributed by atoms with van der Waals surface area (Å²) < 4.78 is 0. The monoisotopic (exact) mass is 864 g/mol. The normalized spacial score (nSPS) is 13.9. The van der Waals surface area contributed by atoms with Gasteiger partial charge in [-0.15, -0.1) is 0 Å². The Bertz CT molecular complexity index is 882. The summed E-state index contributed by atoms with van der Waals surface area (Å²) in [7, 11) is 0. The number of aliphatic hydroxyl groups excluding tert-OH is 4. The first kappa shape index (κ1) is 60.1. The van der Waals surface area contributed by atoms with Crippen LogP contribution in [0.5, 0.6) is 0 Å². The summed E-state index contributed by atoms with van der Waals surface area (Å²) in [4.78, 5) is 12.6. The van der Waals surface area contributed by atoms with Crippen LogP contribution >= 0.6 is 0 Å². The van der Waals surface area contributed by atoms with Crippen LogP contribution in [0.3, 0.4) is 0 Å². The number of hydrogen-bond acceptors (Lipinski definition) is 5. The molecule has 0 aromatic rings. The first-order valence-corrected chi connectivity index (χ1v) is 27.6. The highest BCUT2D eigenvalue weighted by Crippen LogP contribution is 2.18. The maximum atomic E-state index is 12.6. The zero-order valence-electron chi connectivity index (χ0n) is 41.2. The van der Waals surface area contributed by atoms with Crippen LogP contribution in [0.15, 0.2) is 12.2 Å². The Morgan fingerprint density at radius 1 is 0.393 bits per heavy atom. The third-order valence-electron chi connectivity index (χ3n) is 13.2. The number of allylic oxidation sites excluding steroid dienone is 2. The molecule has 0 radical (unpaired) electrons. The van der Waals surface area contributed by atoms with Gasteiger partial charge in [0.25, 0.3) is 0 Å². The largest absolute Gasteiger partial charge is 0.394 e. The summed E-state index contributed by atoms with van der Waals surface area (Å²) in [6.45, 7) is 4.07. The lowest BCUT2D eigenvalue weighted by atomic mass is 9.99. The summed E-state index contributed by atoms with van der Waals surface area (Å²) >= 11 is 0. The lowest BCUT2D eigenvalue weighted by molar-refractivity contribution is -0.132. The van der Waals surface area contributed by atoms with Crippen LogP contribution in [-0.2, 0) is 4.79 Å². The molecule has 0 aromatic heterocycles. The van der Waals surface area contributed by atoms with E-state index in [0.717, 1.165) is 44.9 Å². The van der Waals surface area contributed by atoms with E-state index in [-0.39, 0.29) is 0 Å². The van der Waals surface area contributed by atoms with E-state index in [1.165, 1.54) is 231 Å². The van der Waals surface area contributed by atoms with Crippen molar-refractivity contribution in [3.8, 4) is 0 Å². The molecule has 6 nitrogen and oxygen atoms in total. The highest BCUT2D eigenvalue weighted by Gasteiger charge is 2.28. The molecule has 0 bridgehead atoms. The first-order valence-electron chi connectivity index (χ1n) is 27.6. The van der Waals surface area contributed by atoms with E-state index < -0.39 is 36.9 Å². The van der Waals surface area contributed by atoms with Gasteiger partial charge in [0.2, 0.25) is 5.91 Å². The Hall–Kier alpha value is -0.950. The summed E-state index contributed by atoms with van der Waals surface area (Å²) in [6.07, 6.45) is 58.5. The second-order valence-electron chi connectivity index (χ2n) is 19.3. The maximum absolute atomic E-state index is 12.6. The summed E-state index contributed by atoms with van der Waals surface area (Å²) in [6, 6.07) is -0.986. The second-order valence-corrected chi connectivity index (χ2v) is 19.3. The van der Waals surface area contributed by atoms with Crippen molar-refractivity contribution >= 4 is 5.91 Å². The number of unbranched alkanes of at least 4 members (excludes halogenated alkanes) is 40. The van der Waals surface area contributed by atoms with E-state index in [4.69, 9.17) is 0 Å². The highest BCUT2D eigenvalue weighted by molar-refractivity contribution is 5.80. The molecule has 0 aliphatic carbocycles. The minimum atomic E-state index is -1.26. The van der Waals surface area contributed by atoms with Crippen molar-refractivity contribution in [2.75, 3.05) is 6.61 Å². The van der Waals surface area contributed by atoms with Gasteiger partial charge >= 0.3 is 0 Å². The Labute approximate surface area is 381 Å². The van der Waals surface area contributed by atoms with Crippen LogP contribution in [0.4, 0.5) is 0 Å². The topological polar surface area (TPSA) is 110 Å². The third kappa shape index (κ3) is 44.1. The molecular weight excluding hydrogens is 755 g/mol. The molecule has 0 aliphatic rings. The van der Waals surface area contributed by atoms with Gasteiger partial charge in [-0.3, -0.25) is 4.79 Å². The van der Waals surface area contributed by atoms with Crippen molar-refractivity contribution in [1.29, 1.82) is 0 Å². The van der Waals surface area contributed by atoms with Crippen LogP contribution in [0, 0.1) is 0 Å². The zero-order chi connectivity index (χ0) is 44.5. The van der Waals surface area contributed by atoms with Crippen molar-refractivity contribution < 1.29 is 25.2 Å². The number of aliphatic hydroxyl groups is 4. The molecule has 1 amide bonds. The minimum absolute atomic E-state index is 0.365. The van der Waals surface area contributed by atoms with Crippen molar-refractivity contribution in [2.45, 2.75) is 327 Å². The number of carbonyl (C=O) groups excluding carboxylic acids is 1. The van der Waals surface area contributed by atoms with Gasteiger partial charge in [-0.1, -0.05) is 276 Å². The van der Waals surface area contributed by atoms with E-state index in [1.54, 1.807) is 0 Å². The molecule has 0 aromatic carbocycles. The van der Waals surface area contributed by atoms with Crippen LogP contribution in [-0.4, -0.2) is 57.3 Å². The molecular formula is C55H109NO5. The first-order chi connectivity index (χ1) is 30.0. The standard InChI is InChI=1S/C55H109NO5/c1-3-5-7-9-11-13-15-17-19-21-22-23-24-25-26-27-28-29-30-31-32-33-35-36-38-40-42-44-46-48-52(58)54(60)51(50-57)56-55(61)53(59)49-47-45-43-41-39-37-34-20-18-16-14-12-10-8-6-4-2/h18,20,51-54,57-60H,3-17,19,21-50H2,1-2H3,(H,56,61)/b20-18-. The van der Waals surface area contributed by atoms with Crippen LogP contribution in [0.1, 0.15) is 303 Å². The SMILES string of the molecule is CCCCCCCC/C=C\CCCCCCCCC(O)C(=O)NC(CO)C(O)C(O)CCCCCCCCCCCCCCCCCCCCCCCCCCCCCCC. The van der Waals surface area contributed by atoms with Crippen LogP contribution in [0.2, 0.25) is 0 Å². The van der Waals surface area contributed by atoms with E-state index in [0.29, 0.717) is 12.8 Å². The van der Waals surface area contributed by atoms with Gasteiger partial charge in [0, 0.05) is 0 Å². The highest BCUT2D eigenvalue weighted by atomic mass is 16.3. The van der Waals surface area contributed by atoms with Gasteiger partial charge in [0.05, 0.1) is 18.8 Å². The van der Waals surface area contributed by atoms with Gasteiger partial charge in [-0.2, -0.15) is 0 Å². The van der Waals surface area contributed by atoms with Crippen molar-refractivity contribution in [1.82, 2.24) is 5.32 Å². The molecule has 5 N–H and O–H groups in total. The Morgan fingerprint density at radius 3 is 0.951 bits per heavy atom. The van der Waals surface area contributed by atoms with E-state index in [1.807, 2.05) is 0 Å². The molecule has 61 heavy (non-hydrogen) atoms. The number of hydrogen-bond donors (Lipinski definition) is 5. The fourth-order valence-corrected chi connectivity index (χ4v) is 8.87. The van der Waals surface area contributed by atoms with E-state index >= 15 is 0 Å². The molecule has 0 rings (SSSR count). The molecule has 364 valence electrons. The van der Waals surface area contributed by atoms with Crippen LogP contribution in [0.25, 0.3) is 0 Å². The van der Waals surface area contributed by atoms with Crippen molar-refractivity contribution in [2.24, 2.45) is 0 Å². The van der Waals surface area contributed by atoms with E-state index in [9.17, 15) is 25.2 Å². The average Bonchev–Trinajstić information content (AvgIpc) is 3.26. The fraction of sp³-hybridized carbons (Fsp3) is 0.945. The zero-order valence-corrected chi connectivity index (χ0v) is 41.2. The Morgan fingerprint density at radius 2 is 0.656 bits per heavy atom. The minimum Gasteiger partial charge on any atom is -0.394 e. The number of amides is 1. The predicted molar refractivity (Wildman–Crippen MR) is 265 cm³/mol.